The van der Waals surface area contributed by atoms with Crippen molar-refractivity contribution in [3.63, 3.8) is 0 Å². The maximum absolute atomic E-state index is 12.6. The fraction of sp³-hybridized carbons (Fsp3) is 0.400. The molecule has 146 valence electrons. The van der Waals surface area contributed by atoms with Crippen LogP contribution < -0.4 is 10.6 Å². The molecule has 2 heterocycles. The summed E-state index contributed by atoms with van der Waals surface area (Å²) in [6.07, 6.45) is 4.52. The molecule has 2 amide bonds. The minimum atomic E-state index is -0.248. The first kappa shape index (κ1) is 19.0. The van der Waals surface area contributed by atoms with E-state index in [0.717, 1.165) is 34.4 Å². The van der Waals surface area contributed by atoms with E-state index in [4.69, 9.17) is 0 Å². The van der Waals surface area contributed by atoms with Crippen LogP contribution in [0.15, 0.2) is 29.8 Å². The molecule has 6 nitrogen and oxygen atoms in total. The summed E-state index contributed by atoms with van der Waals surface area (Å²) in [6.45, 7) is 4.24. The smallest absolute Gasteiger partial charge is 0.275 e. The Morgan fingerprint density at radius 2 is 2.11 bits per heavy atom. The molecule has 4 rings (SSSR count). The lowest BCUT2D eigenvalue weighted by Crippen LogP contribution is -2.30. The molecule has 8 heteroatoms. The number of anilines is 1. The summed E-state index contributed by atoms with van der Waals surface area (Å²) in [4.78, 5) is 29.4. The first-order valence-corrected chi connectivity index (χ1v) is 11.1. The minimum absolute atomic E-state index is 0.101. The summed E-state index contributed by atoms with van der Waals surface area (Å²) in [5.74, 6) is 0.418. The molecule has 1 saturated carbocycles. The van der Waals surface area contributed by atoms with Gasteiger partial charge in [0.05, 0.1) is 10.7 Å². The van der Waals surface area contributed by atoms with Crippen LogP contribution in [-0.2, 0) is 4.79 Å². The quantitative estimate of drug-likeness (QED) is 0.591. The van der Waals surface area contributed by atoms with Gasteiger partial charge in [0.15, 0.2) is 0 Å². The van der Waals surface area contributed by atoms with Gasteiger partial charge < -0.3 is 10.6 Å². The van der Waals surface area contributed by atoms with E-state index in [2.05, 4.69) is 33.8 Å². The predicted octanol–water partition coefficient (Wildman–Crippen LogP) is 4.62. The molecule has 1 aliphatic carbocycles. The molecule has 1 atom stereocenters. The van der Waals surface area contributed by atoms with Crippen molar-refractivity contribution in [2.45, 2.75) is 39.2 Å². The van der Waals surface area contributed by atoms with Crippen LogP contribution in [0.4, 0.5) is 5.69 Å². The number of benzene rings is 1. The Hall–Kier alpha value is -2.32. The topological polar surface area (TPSA) is 84.0 Å². The third-order valence-corrected chi connectivity index (χ3v) is 6.37. The van der Waals surface area contributed by atoms with Gasteiger partial charge in [-0.3, -0.25) is 9.59 Å². The molecule has 2 aromatic heterocycles. The van der Waals surface area contributed by atoms with E-state index < -0.39 is 0 Å². The molecule has 1 aromatic carbocycles. The summed E-state index contributed by atoms with van der Waals surface area (Å²) in [7, 11) is 0. The zero-order chi connectivity index (χ0) is 19.7. The zero-order valence-electron chi connectivity index (χ0n) is 15.8. The van der Waals surface area contributed by atoms with Crippen LogP contribution >= 0.6 is 22.9 Å². The van der Waals surface area contributed by atoms with Crippen LogP contribution in [0.1, 0.15) is 54.6 Å². The average molecular weight is 415 g/mol. The monoisotopic (exact) mass is 414 g/mol. The lowest BCUT2D eigenvalue weighted by molar-refractivity contribution is -0.123. The first-order valence-electron chi connectivity index (χ1n) is 9.41. The van der Waals surface area contributed by atoms with Gasteiger partial charge in [0.25, 0.3) is 5.91 Å². The van der Waals surface area contributed by atoms with Crippen LogP contribution in [-0.4, -0.2) is 21.2 Å². The van der Waals surface area contributed by atoms with E-state index in [1.807, 2.05) is 18.2 Å². The Morgan fingerprint density at radius 3 is 2.86 bits per heavy atom. The average Bonchev–Trinajstić information content (AvgIpc) is 3.20. The lowest BCUT2D eigenvalue weighted by atomic mass is 10.0. The van der Waals surface area contributed by atoms with Crippen LogP contribution in [0.2, 0.25) is 0 Å². The second-order valence-electron chi connectivity index (χ2n) is 7.57. The van der Waals surface area contributed by atoms with E-state index in [9.17, 15) is 9.59 Å². The lowest BCUT2D eigenvalue weighted by Gasteiger charge is -2.18. The molecule has 0 bridgehead atoms. The number of fused-ring (bicyclic) bond motifs is 1. The number of carbonyl (C=O) groups is 2. The number of nitrogens with one attached hydrogen (secondary N) is 2. The number of amides is 2. The highest BCUT2D eigenvalue weighted by Crippen LogP contribution is 2.32. The van der Waals surface area contributed by atoms with Crippen molar-refractivity contribution in [3.05, 3.63) is 40.5 Å². The van der Waals surface area contributed by atoms with Gasteiger partial charge in [0.1, 0.15) is 10.7 Å². The first-order chi connectivity index (χ1) is 13.5. The number of hydrogen-bond acceptors (Lipinski definition) is 6. The van der Waals surface area contributed by atoms with Gasteiger partial charge in [-0.25, -0.2) is 4.98 Å². The molecule has 0 saturated heterocycles. The van der Waals surface area contributed by atoms with Crippen LogP contribution in [0.25, 0.3) is 10.1 Å². The summed E-state index contributed by atoms with van der Waals surface area (Å²) in [5.41, 5.74) is 1.09. The SMILES string of the molecule is CC(C)C[C@@H](NC(=O)C1CC1)c1nc(C(=O)Nc2ccc3sncc3c2)cs1. The van der Waals surface area contributed by atoms with E-state index >= 15 is 0 Å². The Kier molecular flexibility index (Phi) is 5.41. The summed E-state index contributed by atoms with van der Waals surface area (Å²) in [5, 5.41) is 9.55. The van der Waals surface area contributed by atoms with Gasteiger partial charge in [0, 0.05) is 28.6 Å². The zero-order valence-corrected chi connectivity index (χ0v) is 17.4. The number of nitrogens with zero attached hydrogens (tertiary/aromatic N) is 2. The molecule has 0 radical (unpaired) electrons. The van der Waals surface area contributed by atoms with Crippen molar-refractivity contribution in [1.82, 2.24) is 14.7 Å². The second-order valence-corrected chi connectivity index (χ2v) is 9.29. The Labute approximate surface area is 171 Å². The summed E-state index contributed by atoms with van der Waals surface area (Å²) < 4.78 is 5.23. The van der Waals surface area contributed by atoms with Gasteiger partial charge in [-0.05, 0) is 54.9 Å². The molecule has 0 aliphatic heterocycles. The number of aromatic nitrogens is 2. The highest BCUT2D eigenvalue weighted by molar-refractivity contribution is 7.13. The highest BCUT2D eigenvalue weighted by atomic mass is 32.1. The summed E-state index contributed by atoms with van der Waals surface area (Å²) >= 11 is 2.85. The minimum Gasteiger partial charge on any atom is -0.347 e. The Balaban J connectivity index is 1.47. The van der Waals surface area contributed by atoms with Crippen LogP contribution in [0.5, 0.6) is 0 Å². The predicted molar refractivity (Wildman–Crippen MR) is 113 cm³/mol. The molecule has 28 heavy (non-hydrogen) atoms. The fourth-order valence-electron chi connectivity index (χ4n) is 3.03. The van der Waals surface area contributed by atoms with Crippen molar-refractivity contribution >= 4 is 50.5 Å². The molecular formula is C20H22N4O2S2. The maximum Gasteiger partial charge on any atom is 0.275 e. The molecule has 1 fully saturated rings. The number of carbonyl (C=O) groups excluding carboxylic acids is 2. The largest absolute Gasteiger partial charge is 0.347 e. The van der Waals surface area contributed by atoms with E-state index in [0.29, 0.717) is 17.3 Å². The third kappa shape index (κ3) is 4.39. The highest BCUT2D eigenvalue weighted by Gasteiger charge is 2.32. The van der Waals surface area contributed by atoms with Gasteiger partial charge in [-0.2, -0.15) is 4.37 Å². The van der Waals surface area contributed by atoms with Crippen molar-refractivity contribution in [2.75, 3.05) is 5.32 Å². The standard InChI is InChI=1S/C20H22N4O2S2/c1-11(2)7-15(23-18(25)12-3-4-12)20-24-16(10-27-20)19(26)22-14-5-6-17-13(8-14)9-21-28-17/h5-6,8-12,15H,3-4,7H2,1-2H3,(H,22,26)(H,23,25)/t15-/m1/s1. The van der Waals surface area contributed by atoms with Gasteiger partial charge in [-0.1, -0.05) is 13.8 Å². The van der Waals surface area contributed by atoms with Gasteiger partial charge >= 0.3 is 0 Å². The molecule has 0 unspecified atom stereocenters. The number of rotatable bonds is 7. The fourth-order valence-corrected chi connectivity index (χ4v) is 4.51. The van der Waals surface area contributed by atoms with E-state index in [-0.39, 0.29) is 23.8 Å². The molecule has 3 aromatic rings. The third-order valence-electron chi connectivity index (χ3n) is 4.63. The normalized spacial score (nSPS) is 15.0. The maximum atomic E-state index is 12.6. The molecular weight excluding hydrogens is 392 g/mol. The van der Waals surface area contributed by atoms with Crippen molar-refractivity contribution in [1.29, 1.82) is 0 Å². The number of hydrogen-bond donors (Lipinski definition) is 2. The van der Waals surface area contributed by atoms with Crippen LogP contribution in [0.3, 0.4) is 0 Å². The summed E-state index contributed by atoms with van der Waals surface area (Å²) in [6, 6.07) is 5.57. The van der Waals surface area contributed by atoms with Crippen molar-refractivity contribution in [2.24, 2.45) is 11.8 Å². The molecule has 2 N–H and O–H groups in total. The Bertz CT molecular complexity index is 1010. The van der Waals surface area contributed by atoms with Crippen molar-refractivity contribution < 1.29 is 9.59 Å². The number of thiazole rings is 1. The van der Waals surface area contributed by atoms with E-state index in [1.165, 1.54) is 22.9 Å². The van der Waals surface area contributed by atoms with Crippen molar-refractivity contribution in [3.8, 4) is 0 Å². The van der Waals surface area contributed by atoms with Gasteiger partial charge in [-0.15, -0.1) is 11.3 Å². The van der Waals surface area contributed by atoms with Gasteiger partial charge in [0.2, 0.25) is 5.91 Å². The van der Waals surface area contributed by atoms with Crippen LogP contribution in [0, 0.1) is 11.8 Å². The molecule has 0 spiro atoms. The Morgan fingerprint density at radius 1 is 1.29 bits per heavy atom. The second kappa shape index (κ2) is 7.97. The van der Waals surface area contributed by atoms with E-state index in [1.54, 1.807) is 11.6 Å². The molecule has 1 aliphatic rings.